The number of carbonyl (C=O) groups is 1. The molecule has 0 saturated heterocycles. The third-order valence-corrected chi connectivity index (χ3v) is 6.73. The highest BCUT2D eigenvalue weighted by Gasteiger charge is 2.52. The largest absolute Gasteiger partial charge is 0.494 e. The third-order valence-electron chi connectivity index (χ3n) is 6.73. The normalized spacial score (nSPS) is 17.9. The molecule has 0 saturated carbocycles. The number of benzene rings is 3. The monoisotopic (exact) mass is 544 g/mol. The summed E-state index contributed by atoms with van der Waals surface area (Å²) >= 11 is 0. The van der Waals surface area contributed by atoms with E-state index in [0.29, 0.717) is 55.6 Å². The molecule has 0 aliphatic carbocycles. The highest BCUT2D eigenvalue weighted by atomic mass is 16.5. The molecule has 8 heteroatoms. The number of nitrogens with zero attached hydrogens (tertiary/aromatic N) is 1. The van der Waals surface area contributed by atoms with Gasteiger partial charge in [-0.2, -0.15) is 0 Å². The molecule has 1 aliphatic heterocycles. The van der Waals surface area contributed by atoms with Gasteiger partial charge in [-0.05, 0) is 53.9 Å². The topological polar surface area (TPSA) is 98.6 Å². The van der Waals surface area contributed by atoms with Gasteiger partial charge in [-0.15, -0.1) is 6.58 Å². The van der Waals surface area contributed by atoms with Gasteiger partial charge in [0.1, 0.15) is 5.75 Å². The minimum absolute atomic E-state index is 0.0747. The van der Waals surface area contributed by atoms with E-state index in [1.807, 2.05) is 72.8 Å². The van der Waals surface area contributed by atoms with Crippen LogP contribution in [-0.4, -0.2) is 56.4 Å². The first-order valence-corrected chi connectivity index (χ1v) is 13.3. The Morgan fingerprint density at radius 3 is 2.50 bits per heavy atom. The Labute approximate surface area is 235 Å². The van der Waals surface area contributed by atoms with Crippen molar-refractivity contribution in [2.75, 3.05) is 34.0 Å². The zero-order valence-electron chi connectivity index (χ0n) is 23.0. The molecular formula is C32H36N2O6. The summed E-state index contributed by atoms with van der Waals surface area (Å²) in [6.07, 6.45) is 2.52. The average Bonchev–Trinajstić information content (AvgIpc) is 3.38. The van der Waals surface area contributed by atoms with E-state index < -0.39 is 11.6 Å². The van der Waals surface area contributed by atoms with Gasteiger partial charge in [-0.3, -0.25) is 4.79 Å². The predicted molar refractivity (Wildman–Crippen MR) is 154 cm³/mol. The number of aliphatic hydroxyl groups excluding tert-OH is 1. The number of methoxy groups -OCH3 is 2. The summed E-state index contributed by atoms with van der Waals surface area (Å²) in [5.41, 5.74) is 1.36. The van der Waals surface area contributed by atoms with Crippen LogP contribution in [0.1, 0.15) is 35.6 Å². The maximum atomic E-state index is 13.9. The quantitative estimate of drug-likeness (QED) is 0.226. The fraction of sp³-hybridized carbons (Fsp3) is 0.312. The molecular weight excluding hydrogens is 508 g/mol. The number of aliphatic hydroxyl groups is 1. The molecule has 0 unspecified atom stereocenters. The molecule has 0 radical (unpaired) electrons. The summed E-state index contributed by atoms with van der Waals surface area (Å²) in [7, 11) is 3.19. The Kier molecular flexibility index (Phi) is 9.81. The summed E-state index contributed by atoms with van der Waals surface area (Å²) in [6.45, 7) is 4.83. The Morgan fingerprint density at radius 1 is 1.07 bits per heavy atom. The number of amides is 1. The molecule has 1 heterocycles. The van der Waals surface area contributed by atoms with E-state index in [1.165, 1.54) is 0 Å². The molecule has 3 aromatic rings. The third kappa shape index (κ3) is 6.46. The maximum absolute atomic E-state index is 13.9. The lowest BCUT2D eigenvalue weighted by Gasteiger charge is -2.29. The van der Waals surface area contributed by atoms with Crippen molar-refractivity contribution in [2.45, 2.75) is 30.9 Å². The second kappa shape index (κ2) is 13.7. The molecule has 2 N–H and O–H groups in total. The molecule has 0 spiro atoms. The lowest BCUT2D eigenvalue weighted by molar-refractivity contribution is -0.128. The lowest BCUT2D eigenvalue weighted by Crippen LogP contribution is -2.48. The summed E-state index contributed by atoms with van der Waals surface area (Å²) < 4.78 is 22.8. The van der Waals surface area contributed by atoms with Gasteiger partial charge in [0, 0.05) is 31.6 Å². The molecule has 1 aliphatic rings. The number of aliphatic imine (C=N–C) groups is 1. The van der Waals surface area contributed by atoms with Crippen molar-refractivity contribution in [1.29, 1.82) is 0 Å². The van der Waals surface area contributed by atoms with E-state index in [-0.39, 0.29) is 12.5 Å². The van der Waals surface area contributed by atoms with Gasteiger partial charge in [0.05, 0.1) is 20.8 Å². The first-order valence-electron chi connectivity index (χ1n) is 13.3. The first kappa shape index (κ1) is 28.7. The van der Waals surface area contributed by atoms with E-state index in [9.17, 15) is 4.79 Å². The molecule has 0 aromatic heterocycles. The Bertz CT molecular complexity index is 1310. The summed E-state index contributed by atoms with van der Waals surface area (Å²) in [5, 5.41) is 12.1. The molecule has 40 heavy (non-hydrogen) atoms. The second-order valence-corrected chi connectivity index (χ2v) is 9.39. The predicted octanol–water partition coefficient (Wildman–Crippen LogP) is 4.66. The fourth-order valence-corrected chi connectivity index (χ4v) is 4.67. The maximum Gasteiger partial charge on any atom is 0.252 e. The van der Waals surface area contributed by atoms with Crippen LogP contribution in [-0.2, 0) is 16.0 Å². The number of rotatable bonds is 14. The van der Waals surface area contributed by atoms with Crippen molar-refractivity contribution in [1.82, 2.24) is 5.32 Å². The van der Waals surface area contributed by atoms with Crippen LogP contribution in [0.3, 0.4) is 0 Å². The van der Waals surface area contributed by atoms with Gasteiger partial charge in [-0.1, -0.05) is 42.5 Å². The van der Waals surface area contributed by atoms with Crippen LogP contribution in [0.25, 0.3) is 0 Å². The summed E-state index contributed by atoms with van der Waals surface area (Å²) in [6, 6.07) is 22.7. The molecule has 8 nitrogen and oxygen atoms in total. The van der Waals surface area contributed by atoms with Crippen LogP contribution < -0.4 is 19.5 Å². The summed E-state index contributed by atoms with van der Waals surface area (Å²) in [4.78, 5) is 18.8. The number of nitrogens with one attached hydrogen (secondary N) is 1. The summed E-state index contributed by atoms with van der Waals surface area (Å²) in [5.74, 6) is 2.12. The van der Waals surface area contributed by atoms with E-state index in [1.54, 1.807) is 20.3 Å². The minimum atomic E-state index is -1.23. The van der Waals surface area contributed by atoms with Crippen molar-refractivity contribution in [3.63, 3.8) is 0 Å². The van der Waals surface area contributed by atoms with E-state index >= 15 is 0 Å². The number of hydrogen-bond acceptors (Lipinski definition) is 7. The zero-order chi connectivity index (χ0) is 28.4. The van der Waals surface area contributed by atoms with E-state index in [4.69, 9.17) is 29.0 Å². The Balaban J connectivity index is 1.57. The van der Waals surface area contributed by atoms with Crippen molar-refractivity contribution in [3.8, 4) is 17.2 Å². The van der Waals surface area contributed by atoms with Crippen molar-refractivity contribution < 1.29 is 28.8 Å². The first-order chi connectivity index (χ1) is 19.5. The van der Waals surface area contributed by atoms with Gasteiger partial charge >= 0.3 is 0 Å². The van der Waals surface area contributed by atoms with E-state index in [2.05, 4.69) is 11.9 Å². The minimum Gasteiger partial charge on any atom is -0.494 e. The van der Waals surface area contributed by atoms with Crippen LogP contribution in [0.15, 0.2) is 90.4 Å². The highest BCUT2D eigenvalue weighted by Crippen LogP contribution is 2.42. The van der Waals surface area contributed by atoms with Crippen molar-refractivity contribution in [2.24, 2.45) is 4.99 Å². The van der Waals surface area contributed by atoms with Crippen molar-refractivity contribution in [3.05, 3.63) is 102 Å². The number of ether oxygens (including phenoxy) is 4. The molecule has 210 valence electrons. The molecule has 2 atom stereocenters. The standard InChI is InChI=1S/C32H36N2O6/c1-4-18-32(31(36)33-19-17-23-11-16-27(37-2)28(22-23)38-3)29(24-9-6-5-7-10-24)40-30(34-32)25-12-14-26(15-13-25)39-21-8-20-35/h4-7,9-16,22,29,35H,1,8,17-21H2,2-3H3,(H,33,36)/t29-,32-/m1/s1. The van der Waals surface area contributed by atoms with Gasteiger partial charge in [0.25, 0.3) is 5.91 Å². The van der Waals surface area contributed by atoms with Crippen LogP contribution in [0.2, 0.25) is 0 Å². The smallest absolute Gasteiger partial charge is 0.252 e. The lowest BCUT2D eigenvalue weighted by atomic mass is 9.84. The Morgan fingerprint density at radius 2 is 1.82 bits per heavy atom. The van der Waals surface area contributed by atoms with Gasteiger partial charge in [-0.25, -0.2) is 4.99 Å². The number of carbonyl (C=O) groups excluding carboxylic acids is 1. The van der Waals surface area contributed by atoms with Crippen LogP contribution in [0.4, 0.5) is 0 Å². The SMILES string of the molecule is C=CC[C@@]1(C(=O)NCCc2ccc(OC)c(OC)c2)N=C(c2ccc(OCCCO)cc2)O[C@@H]1c1ccccc1. The molecule has 4 rings (SSSR count). The molecule has 0 fully saturated rings. The second-order valence-electron chi connectivity index (χ2n) is 9.39. The molecule has 1 amide bonds. The highest BCUT2D eigenvalue weighted by molar-refractivity contribution is 6.01. The zero-order valence-corrected chi connectivity index (χ0v) is 23.0. The average molecular weight is 545 g/mol. The molecule has 3 aromatic carbocycles. The van der Waals surface area contributed by atoms with E-state index in [0.717, 1.165) is 16.7 Å². The van der Waals surface area contributed by atoms with Gasteiger partial charge in [0.15, 0.2) is 23.1 Å². The van der Waals surface area contributed by atoms with Crippen LogP contribution in [0.5, 0.6) is 17.2 Å². The van der Waals surface area contributed by atoms with Crippen LogP contribution in [0, 0.1) is 0 Å². The van der Waals surface area contributed by atoms with Gasteiger partial charge in [0.2, 0.25) is 5.90 Å². The van der Waals surface area contributed by atoms with Gasteiger partial charge < -0.3 is 29.4 Å². The fourth-order valence-electron chi connectivity index (χ4n) is 4.67. The number of hydrogen-bond donors (Lipinski definition) is 2. The Hall–Kier alpha value is -4.30. The van der Waals surface area contributed by atoms with Crippen LogP contribution >= 0.6 is 0 Å². The molecule has 0 bridgehead atoms. The van der Waals surface area contributed by atoms with Crippen molar-refractivity contribution >= 4 is 11.8 Å².